The predicted molar refractivity (Wildman–Crippen MR) is 89.5 cm³/mol. The van der Waals surface area contributed by atoms with Crippen LogP contribution in [0.5, 0.6) is 0 Å². The van der Waals surface area contributed by atoms with Gasteiger partial charge in [-0.3, -0.25) is 0 Å². The van der Waals surface area contributed by atoms with E-state index in [9.17, 15) is 0 Å². The van der Waals surface area contributed by atoms with Gasteiger partial charge in [0.1, 0.15) is 0 Å². The maximum absolute atomic E-state index is 8.80. The summed E-state index contributed by atoms with van der Waals surface area (Å²) in [5.41, 5.74) is 2.68. The highest BCUT2D eigenvalue weighted by Crippen LogP contribution is 2.19. The molecule has 21 heavy (non-hydrogen) atoms. The number of benzene rings is 1. The molecule has 1 aromatic heterocycles. The lowest BCUT2D eigenvalue weighted by Crippen LogP contribution is -2.21. The minimum Gasteiger partial charge on any atom is -0.396 e. The Balaban J connectivity index is 1.97. The van der Waals surface area contributed by atoms with Crippen LogP contribution in [0.1, 0.15) is 45.1 Å². The number of aliphatic hydroxyl groups is 1. The molecule has 1 heterocycles. The minimum absolute atomic E-state index is 0.318. The number of nitrogens with one attached hydrogen (secondary N) is 1. The maximum Gasteiger partial charge on any atom is 0.0483 e. The van der Waals surface area contributed by atoms with E-state index in [2.05, 4.69) is 54.2 Å². The van der Waals surface area contributed by atoms with E-state index in [1.165, 1.54) is 29.3 Å². The zero-order valence-corrected chi connectivity index (χ0v) is 13.3. The van der Waals surface area contributed by atoms with E-state index in [1.54, 1.807) is 0 Å². The second kappa shape index (κ2) is 8.20. The molecule has 0 atom stereocenters. The van der Waals surface area contributed by atoms with Gasteiger partial charge in [0.25, 0.3) is 0 Å². The number of aliphatic hydroxyl groups excluding tert-OH is 1. The van der Waals surface area contributed by atoms with Gasteiger partial charge in [-0.2, -0.15) is 0 Å². The number of rotatable bonds is 9. The van der Waals surface area contributed by atoms with E-state index in [1.807, 2.05) is 0 Å². The Morgan fingerprint density at radius 1 is 1.10 bits per heavy atom. The Kier molecular flexibility index (Phi) is 6.27. The van der Waals surface area contributed by atoms with Crippen LogP contribution in [-0.4, -0.2) is 22.3 Å². The highest BCUT2D eigenvalue weighted by Gasteiger charge is 2.03. The van der Waals surface area contributed by atoms with E-state index < -0.39 is 0 Å². The van der Waals surface area contributed by atoms with Crippen LogP contribution in [0.2, 0.25) is 0 Å². The highest BCUT2D eigenvalue weighted by atomic mass is 16.2. The summed E-state index contributed by atoms with van der Waals surface area (Å²) in [6.45, 7) is 6.66. The summed E-state index contributed by atoms with van der Waals surface area (Å²) in [4.78, 5) is 0. The third-order valence-electron chi connectivity index (χ3n) is 3.86. The van der Waals surface area contributed by atoms with Crippen LogP contribution in [0.3, 0.4) is 0 Å². The molecule has 0 saturated heterocycles. The number of hydrogen-bond donors (Lipinski definition) is 2. The molecule has 0 aliphatic rings. The topological polar surface area (TPSA) is 37.2 Å². The monoisotopic (exact) mass is 288 g/mol. The molecule has 0 aliphatic heterocycles. The summed E-state index contributed by atoms with van der Waals surface area (Å²) >= 11 is 0. The number of unbranched alkanes of at least 4 members (excludes halogenated alkanes) is 3. The summed E-state index contributed by atoms with van der Waals surface area (Å²) in [6, 6.07) is 9.44. The molecule has 0 unspecified atom stereocenters. The Morgan fingerprint density at radius 3 is 2.67 bits per heavy atom. The molecule has 0 fully saturated rings. The zero-order chi connectivity index (χ0) is 15.1. The van der Waals surface area contributed by atoms with Crippen molar-refractivity contribution in [2.45, 2.75) is 58.7 Å². The first-order valence-corrected chi connectivity index (χ1v) is 8.12. The van der Waals surface area contributed by atoms with Crippen molar-refractivity contribution in [3.8, 4) is 0 Å². The average Bonchev–Trinajstić information content (AvgIpc) is 2.87. The molecule has 2 aromatic rings. The standard InChI is InChI=1S/C18H28N2O/c1-15(2)19-14-16-7-8-17-9-11-20(18(17)13-16)10-5-3-4-6-12-21/h7-9,11,13,15,19,21H,3-6,10,12,14H2,1-2H3. The largest absolute Gasteiger partial charge is 0.396 e. The van der Waals surface area contributed by atoms with Gasteiger partial charge in [-0.1, -0.05) is 38.8 Å². The smallest absolute Gasteiger partial charge is 0.0483 e. The van der Waals surface area contributed by atoms with Crippen molar-refractivity contribution >= 4 is 10.9 Å². The van der Waals surface area contributed by atoms with Crippen molar-refractivity contribution in [1.29, 1.82) is 0 Å². The van der Waals surface area contributed by atoms with Crippen LogP contribution in [0, 0.1) is 0 Å². The summed E-state index contributed by atoms with van der Waals surface area (Å²) in [7, 11) is 0. The predicted octanol–water partition coefficient (Wildman–Crippen LogP) is 3.69. The van der Waals surface area contributed by atoms with Crippen LogP contribution in [-0.2, 0) is 13.1 Å². The van der Waals surface area contributed by atoms with Crippen molar-refractivity contribution in [2.75, 3.05) is 6.61 Å². The van der Waals surface area contributed by atoms with Crippen LogP contribution < -0.4 is 5.32 Å². The fourth-order valence-corrected chi connectivity index (χ4v) is 2.60. The molecule has 0 spiro atoms. The first-order chi connectivity index (χ1) is 10.2. The number of aromatic nitrogens is 1. The second-order valence-corrected chi connectivity index (χ2v) is 6.08. The van der Waals surface area contributed by atoms with Gasteiger partial charge in [0.2, 0.25) is 0 Å². The first kappa shape index (κ1) is 16.1. The number of aryl methyl sites for hydroxylation is 1. The van der Waals surface area contributed by atoms with Crippen molar-refractivity contribution in [3.63, 3.8) is 0 Å². The van der Waals surface area contributed by atoms with E-state index in [4.69, 9.17) is 5.11 Å². The first-order valence-electron chi connectivity index (χ1n) is 8.12. The van der Waals surface area contributed by atoms with Crippen molar-refractivity contribution in [1.82, 2.24) is 9.88 Å². The molecule has 0 aliphatic carbocycles. The van der Waals surface area contributed by atoms with Crippen LogP contribution in [0.4, 0.5) is 0 Å². The fourth-order valence-electron chi connectivity index (χ4n) is 2.60. The fraction of sp³-hybridized carbons (Fsp3) is 0.556. The van der Waals surface area contributed by atoms with Gasteiger partial charge in [-0.05, 0) is 35.9 Å². The molecule has 1 aromatic carbocycles. The Morgan fingerprint density at radius 2 is 1.90 bits per heavy atom. The summed E-state index contributed by atoms with van der Waals surface area (Å²) in [6.07, 6.45) is 6.61. The van der Waals surface area contributed by atoms with Crippen molar-refractivity contribution in [3.05, 3.63) is 36.0 Å². The minimum atomic E-state index is 0.318. The number of fused-ring (bicyclic) bond motifs is 1. The van der Waals surface area contributed by atoms with Gasteiger partial charge in [0, 0.05) is 37.5 Å². The molecule has 2 N–H and O–H groups in total. The van der Waals surface area contributed by atoms with E-state index >= 15 is 0 Å². The number of hydrogen-bond acceptors (Lipinski definition) is 2. The van der Waals surface area contributed by atoms with Crippen LogP contribution >= 0.6 is 0 Å². The molecule has 3 nitrogen and oxygen atoms in total. The summed E-state index contributed by atoms with van der Waals surface area (Å²) < 4.78 is 2.35. The van der Waals surface area contributed by atoms with Gasteiger partial charge in [-0.15, -0.1) is 0 Å². The summed E-state index contributed by atoms with van der Waals surface area (Å²) in [5, 5.41) is 13.6. The molecule has 0 radical (unpaired) electrons. The maximum atomic E-state index is 8.80. The van der Waals surface area contributed by atoms with Crippen molar-refractivity contribution in [2.24, 2.45) is 0 Å². The zero-order valence-electron chi connectivity index (χ0n) is 13.3. The van der Waals surface area contributed by atoms with E-state index in [0.29, 0.717) is 12.6 Å². The molecule has 116 valence electrons. The Labute approximate surface area is 128 Å². The van der Waals surface area contributed by atoms with Gasteiger partial charge in [0.15, 0.2) is 0 Å². The second-order valence-electron chi connectivity index (χ2n) is 6.08. The average molecular weight is 288 g/mol. The summed E-state index contributed by atoms with van der Waals surface area (Å²) in [5.74, 6) is 0. The molecule has 3 heteroatoms. The van der Waals surface area contributed by atoms with E-state index in [-0.39, 0.29) is 0 Å². The lowest BCUT2D eigenvalue weighted by atomic mass is 10.1. The van der Waals surface area contributed by atoms with Crippen LogP contribution in [0.15, 0.2) is 30.5 Å². The van der Waals surface area contributed by atoms with Gasteiger partial charge in [0.05, 0.1) is 0 Å². The molecular weight excluding hydrogens is 260 g/mol. The molecule has 2 rings (SSSR count). The SMILES string of the molecule is CC(C)NCc1ccc2ccn(CCCCCCO)c2c1. The van der Waals surface area contributed by atoms with Gasteiger partial charge >= 0.3 is 0 Å². The lowest BCUT2D eigenvalue weighted by Gasteiger charge is -2.10. The third-order valence-corrected chi connectivity index (χ3v) is 3.86. The molecule has 0 bridgehead atoms. The van der Waals surface area contributed by atoms with Crippen molar-refractivity contribution < 1.29 is 5.11 Å². The number of nitrogens with zero attached hydrogens (tertiary/aromatic N) is 1. The highest BCUT2D eigenvalue weighted by molar-refractivity contribution is 5.80. The normalized spacial score (nSPS) is 11.6. The Bertz CT molecular complexity index is 545. The molecular formula is C18H28N2O. The Hall–Kier alpha value is -1.32. The third kappa shape index (κ3) is 4.87. The van der Waals surface area contributed by atoms with Gasteiger partial charge < -0.3 is 15.0 Å². The lowest BCUT2D eigenvalue weighted by molar-refractivity contribution is 0.282. The van der Waals surface area contributed by atoms with Gasteiger partial charge in [-0.25, -0.2) is 0 Å². The quantitative estimate of drug-likeness (QED) is 0.691. The molecule has 0 amide bonds. The van der Waals surface area contributed by atoms with E-state index in [0.717, 1.165) is 25.9 Å². The molecule has 0 saturated carbocycles. The van der Waals surface area contributed by atoms with Crippen LogP contribution in [0.25, 0.3) is 10.9 Å².